The Morgan fingerprint density at radius 3 is 2.50 bits per heavy atom. The van der Waals surface area contributed by atoms with Gasteiger partial charge in [-0.25, -0.2) is 4.98 Å². The third-order valence-electron chi connectivity index (χ3n) is 3.84. The Bertz CT molecular complexity index is 932. The maximum Gasteiger partial charge on any atom is 0.316 e. The van der Waals surface area contributed by atoms with Crippen LogP contribution in [0.25, 0.3) is 16.6 Å². The van der Waals surface area contributed by atoms with Crippen molar-refractivity contribution >= 4 is 16.9 Å². The molecule has 1 aromatic heterocycles. The standard InChI is InChI=1S/C19H18N2O3/c1-3-24-19(23)13(2)17-20-16-12-8-7-11-15(16)18(22)21(17)14-9-5-4-6-10-14/h4-13H,3H2,1-2H3. The lowest BCUT2D eigenvalue weighted by Crippen LogP contribution is -2.28. The average Bonchev–Trinajstić information content (AvgIpc) is 2.62. The van der Waals surface area contributed by atoms with Crippen LogP contribution in [-0.2, 0) is 9.53 Å². The van der Waals surface area contributed by atoms with Crippen molar-refractivity contribution in [2.24, 2.45) is 0 Å². The largest absolute Gasteiger partial charge is 0.465 e. The molecule has 1 atom stereocenters. The molecule has 0 fully saturated rings. The number of hydrogen-bond donors (Lipinski definition) is 0. The van der Waals surface area contributed by atoms with Crippen LogP contribution in [0.3, 0.4) is 0 Å². The van der Waals surface area contributed by atoms with Crippen LogP contribution in [0.1, 0.15) is 25.6 Å². The number of esters is 1. The number of carbonyl (C=O) groups excluding carboxylic acids is 1. The highest BCUT2D eigenvalue weighted by molar-refractivity contribution is 5.81. The summed E-state index contributed by atoms with van der Waals surface area (Å²) in [7, 11) is 0. The molecule has 0 aliphatic carbocycles. The van der Waals surface area contributed by atoms with Crippen LogP contribution in [-0.4, -0.2) is 22.1 Å². The fourth-order valence-corrected chi connectivity index (χ4v) is 2.64. The molecule has 0 saturated heterocycles. The smallest absolute Gasteiger partial charge is 0.316 e. The molecule has 24 heavy (non-hydrogen) atoms. The molecule has 5 nitrogen and oxygen atoms in total. The van der Waals surface area contributed by atoms with Crippen LogP contribution in [0, 0.1) is 0 Å². The first-order chi connectivity index (χ1) is 11.6. The zero-order chi connectivity index (χ0) is 17.1. The van der Waals surface area contributed by atoms with Gasteiger partial charge in [-0.2, -0.15) is 0 Å². The Morgan fingerprint density at radius 2 is 1.79 bits per heavy atom. The summed E-state index contributed by atoms with van der Waals surface area (Å²) in [6, 6.07) is 16.3. The van der Waals surface area contributed by atoms with Crippen LogP contribution in [0.5, 0.6) is 0 Å². The molecule has 0 N–H and O–H groups in total. The van der Waals surface area contributed by atoms with E-state index in [0.717, 1.165) is 0 Å². The van der Waals surface area contributed by atoms with Crippen molar-refractivity contribution in [2.45, 2.75) is 19.8 Å². The second-order valence-corrected chi connectivity index (χ2v) is 5.44. The summed E-state index contributed by atoms with van der Waals surface area (Å²) < 4.78 is 6.60. The van der Waals surface area contributed by atoms with E-state index >= 15 is 0 Å². The maximum atomic E-state index is 13.0. The van der Waals surface area contributed by atoms with Gasteiger partial charge in [0, 0.05) is 0 Å². The number of hydrogen-bond acceptors (Lipinski definition) is 4. The molecule has 1 heterocycles. The molecular weight excluding hydrogens is 304 g/mol. The molecule has 0 saturated carbocycles. The van der Waals surface area contributed by atoms with Crippen molar-refractivity contribution < 1.29 is 9.53 Å². The van der Waals surface area contributed by atoms with Crippen LogP contribution in [0.4, 0.5) is 0 Å². The van der Waals surface area contributed by atoms with Gasteiger partial charge in [0.25, 0.3) is 5.56 Å². The Hall–Kier alpha value is -2.95. The van der Waals surface area contributed by atoms with Gasteiger partial charge in [0.1, 0.15) is 11.7 Å². The monoisotopic (exact) mass is 322 g/mol. The first-order valence-electron chi connectivity index (χ1n) is 7.87. The van der Waals surface area contributed by atoms with Gasteiger partial charge in [0.2, 0.25) is 0 Å². The number of fused-ring (bicyclic) bond motifs is 1. The highest BCUT2D eigenvalue weighted by atomic mass is 16.5. The lowest BCUT2D eigenvalue weighted by atomic mass is 10.1. The summed E-state index contributed by atoms with van der Waals surface area (Å²) in [5.41, 5.74) is 1.05. The Balaban J connectivity index is 2.30. The average molecular weight is 322 g/mol. The van der Waals surface area contributed by atoms with E-state index < -0.39 is 11.9 Å². The summed E-state index contributed by atoms with van der Waals surface area (Å²) in [5, 5.41) is 0.515. The van der Waals surface area contributed by atoms with Gasteiger partial charge in [-0.05, 0) is 38.1 Å². The number of rotatable bonds is 4. The third-order valence-corrected chi connectivity index (χ3v) is 3.84. The minimum atomic E-state index is -0.650. The number of para-hydroxylation sites is 2. The van der Waals surface area contributed by atoms with Gasteiger partial charge in [0.15, 0.2) is 0 Å². The van der Waals surface area contributed by atoms with Gasteiger partial charge in [-0.3, -0.25) is 14.2 Å². The van der Waals surface area contributed by atoms with E-state index in [9.17, 15) is 9.59 Å². The number of benzene rings is 2. The van der Waals surface area contributed by atoms with Crippen molar-refractivity contribution in [3.05, 3.63) is 70.8 Å². The van der Waals surface area contributed by atoms with Gasteiger partial charge in [-0.1, -0.05) is 30.3 Å². The van der Waals surface area contributed by atoms with Gasteiger partial charge in [0.05, 0.1) is 23.2 Å². The molecule has 3 rings (SSSR count). The van der Waals surface area contributed by atoms with Crippen LogP contribution in [0.15, 0.2) is 59.4 Å². The van der Waals surface area contributed by atoms with E-state index in [1.54, 1.807) is 32.0 Å². The fraction of sp³-hybridized carbons (Fsp3) is 0.211. The summed E-state index contributed by atoms with van der Waals surface area (Å²) in [5.74, 6) is -0.671. The van der Waals surface area contributed by atoms with Crippen molar-refractivity contribution in [3.63, 3.8) is 0 Å². The second kappa shape index (κ2) is 6.66. The molecule has 122 valence electrons. The van der Waals surface area contributed by atoms with E-state index in [1.807, 2.05) is 36.4 Å². The third kappa shape index (κ3) is 2.80. The molecule has 5 heteroatoms. The SMILES string of the molecule is CCOC(=O)C(C)c1nc2ccccc2c(=O)n1-c1ccccc1. The fourth-order valence-electron chi connectivity index (χ4n) is 2.64. The topological polar surface area (TPSA) is 61.2 Å². The highest BCUT2D eigenvalue weighted by Gasteiger charge is 2.24. The summed E-state index contributed by atoms with van der Waals surface area (Å²) in [4.78, 5) is 29.8. The minimum absolute atomic E-state index is 0.196. The summed E-state index contributed by atoms with van der Waals surface area (Å²) >= 11 is 0. The van der Waals surface area contributed by atoms with E-state index in [2.05, 4.69) is 4.98 Å². The van der Waals surface area contributed by atoms with E-state index in [-0.39, 0.29) is 12.2 Å². The molecule has 0 aliphatic rings. The Labute approximate surface area is 139 Å². The molecular formula is C19H18N2O3. The Morgan fingerprint density at radius 1 is 1.12 bits per heavy atom. The van der Waals surface area contributed by atoms with Crippen molar-refractivity contribution in [2.75, 3.05) is 6.61 Å². The quantitative estimate of drug-likeness (QED) is 0.693. The molecule has 0 radical (unpaired) electrons. The zero-order valence-electron chi connectivity index (χ0n) is 13.6. The highest BCUT2D eigenvalue weighted by Crippen LogP contribution is 2.20. The summed E-state index contributed by atoms with van der Waals surface area (Å²) in [6.45, 7) is 3.74. The van der Waals surface area contributed by atoms with Crippen LogP contribution < -0.4 is 5.56 Å². The van der Waals surface area contributed by atoms with Crippen LogP contribution >= 0.6 is 0 Å². The number of nitrogens with zero attached hydrogens (tertiary/aromatic N) is 2. The number of carbonyl (C=O) groups is 1. The zero-order valence-corrected chi connectivity index (χ0v) is 13.6. The predicted octanol–water partition coefficient (Wildman–Crippen LogP) is 3.05. The maximum absolute atomic E-state index is 13.0. The van der Waals surface area contributed by atoms with Gasteiger partial charge < -0.3 is 4.74 Å². The molecule has 3 aromatic rings. The number of ether oxygens (including phenoxy) is 1. The molecule has 0 spiro atoms. The first-order valence-corrected chi connectivity index (χ1v) is 7.87. The molecule has 0 amide bonds. The van der Waals surface area contributed by atoms with E-state index in [4.69, 9.17) is 4.74 Å². The first kappa shape index (κ1) is 15.9. The second-order valence-electron chi connectivity index (χ2n) is 5.44. The summed E-state index contributed by atoms with van der Waals surface area (Å²) in [6.07, 6.45) is 0. The Kier molecular flexibility index (Phi) is 4.42. The molecule has 0 aliphatic heterocycles. The normalized spacial score (nSPS) is 12.1. The van der Waals surface area contributed by atoms with Crippen LogP contribution in [0.2, 0.25) is 0 Å². The predicted molar refractivity (Wildman–Crippen MR) is 92.4 cm³/mol. The van der Waals surface area contributed by atoms with Gasteiger partial charge >= 0.3 is 5.97 Å². The lowest BCUT2D eigenvalue weighted by molar-refractivity contribution is -0.144. The van der Waals surface area contributed by atoms with Crippen molar-refractivity contribution in [3.8, 4) is 5.69 Å². The lowest BCUT2D eigenvalue weighted by Gasteiger charge is -2.17. The molecule has 2 aromatic carbocycles. The number of aromatic nitrogens is 2. The minimum Gasteiger partial charge on any atom is -0.465 e. The van der Waals surface area contributed by atoms with E-state index in [1.165, 1.54) is 4.57 Å². The van der Waals surface area contributed by atoms with Gasteiger partial charge in [-0.15, -0.1) is 0 Å². The molecule has 1 unspecified atom stereocenters. The van der Waals surface area contributed by atoms with Crippen molar-refractivity contribution in [1.82, 2.24) is 9.55 Å². The molecule has 0 bridgehead atoms. The van der Waals surface area contributed by atoms with E-state index in [0.29, 0.717) is 22.4 Å². The van der Waals surface area contributed by atoms with Crippen molar-refractivity contribution in [1.29, 1.82) is 0 Å².